The molecule has 2 aliphatic heterocycles. The van der Waals surface area contributed by atoms with Crippen LogP contribution in [0.1, 0.15) is 25.8 Å². The van der Waals surface area contributed by atoms with Crippen molar-refractivity contribution in [3.05, 3.63) is 59.9 Å². The van der Waals surface area contributed by atoms with Crippen LogP contribution in [0.2, 0.25) is 0 Å². The summed E-state index contributed by atoms with van der Waals surface area (Å²) in [6.07, 6.45) is 2.33. The third-order valence-electron chi connectivity index (χ3n) is 5.20. The Hall–Kier alpha value is -3.15. The van der Waals surface area contributed by atoms with Crippen molar-refractivity contribution >= 4 is 28.5 Å². The van der Waals surface area contributed by atoms with Crippen LogP contribution >= 0.6 is 0 Å². The summed E-state index contributed by atoms with van der Waals surface area (Å²) in [5, 5.41) is 2.07. The number of piperazine rings is 1. The molecule has 6 heteroatoms. The molecule has 2 heterocycles. The van der Waals surface area contributed by atoms with E-state index in [1.165, 1.54) is 0 Å². The fraction of sp³-hybridized carbons (Fsp3) is 0.348. The highest BCUT2D eigenvalue weighted by atomic mass is 16.6. The van der Waals surface area contributed by atoms with E-state index in [-0.39, 0.29) is 5.91 Å². The molecule has 0 radical (unpaired) electrons. The fourth-order valence-electron chi connectivity index (χ4n) is 3.68. The van der Waals surface area contributed by atoms with Gasteiger partial charge in [0, 0.05) is 44.4 Å². The normalized spacial score (nSPS) is 18.5. The summed E-state index contributed by atoms with van der Waals surface area (Å²) < 4.78 is 5.46. The molecule has 0 unspecified atom stereocenters. The molecule has 0 aliphatic carbocycles. The van der Waals surface area contributed by atoms with Gasteiger partial charge in [-0.1, -0.05) is 50.2 Å². The van der Waals surface area contributed by atoms with Crippen LogP contribution in [0, 0.1) is 5.92 Å². The molecule has 0 spiro atoms. The van der Waals surface area contributed by atoms with E-state index in [4.69, 9.17) is 4.74 Å². The third kappa shape index (κ3) is 4.16. The highest BCUT2D eigenvalue weighted by molar-refractivity contribution is 6.16. The Bertz CT molecular complexity index is 996. The zero-order valence-corrected chi connectivity index (χ0v) is 16.8. The lowest BCUT2D eigenvalue weighted by Gasteiger charge is -2.34. The number of amides is 1. The molecule has 4 rings (SSSR count). The number of hydrogen-bond acceptors (Lipinski definition) is 5. The molecule has 29 heavy (non-hydrogen) atoms. The van der Waals surface area contributed by atoms with Crippen LogP contribution in [0.25, 0.3) is 10.8 Å². The van der Waals surface area contributed by atoms with Crippen LogP contribution in [-0.2, 0) is 14.3 Å². The monoisotopic (exact) mass is 391 g/mol. The first-order valence-corrected chi connectivity index (χ1v) is 10.0. The predicted molar refractivity (Wildman–Crippen MR) is 112 cm³/mol. The molecule has 0 bridgehead atoms. The van der Waals surface area contributed by atoms with E-state index >= 15 is 0 Å². The van der Waals surface area contributed by atoms with Gasteiger partial charge in [0.05, 0.1) is 0 Å². The summed E-state index contributed by atoms with van der Waals surface area (Å²) >= 11 is 0. The summed E-state index contributed by atoms with van der Waals surface area (Å²) in [4.78, 5) is 33.0. The minimum absolute atomic E-state index is 0.198. The van der Waals surface area contributed by atoms with Crippen molar-refractivity contribution in [3.63, 3.8) is 0 Å². The summed E-state index contributed by atoms with van der Waals surface area (Å²) in [5.74, 6) is 0.455. The van der Waals surface area contributed by atoms with Crippen LogP contribution in [0.15, 0.2) is 59.4 Å². The van der Waals surface area contributed by atoms with Gasteiger partial charge in [-0.05, 0) is 22.8 Å². The molecule has 0 atom stereocenters. The largest absolute Gasteiger partial charge is 0.402 e. The van der Waals surface area contributed by atoms with E-state index in [1.807, 2.05) is 52.3 Å². The summed E-state index contributed by atoms with van der Waals surface area (Å²) in [7, 11) is 0. The zero-order valence-electron chi connectivity index (χ0n) is 16.8. The van der Waals surface area contributed by atoms with E-state index < -0.39 is 5.97 Å². The first-order chi connectivity index (χ1) is 14.0. The molecule has 1 amide bonds. The summed E-state index contributed by atoms with van der Waals surface area (Å²) in [6, 6.07) is 13.8. The summed E-state index contributed by atoms with van der Waals surface area (Å²) in [6.45, 7) is 6.78. The van der Waals surface area contributed by atoms with Gasteiger partial charge in [0.15, 0.2) is 5.70 Å². The maximum Gasteiger partial charge on any atom is 0.365 e. The smallest absolute Gasteiger partial charge is 0.365 e. The Balaban J connectivity index is 1.48. The van der Waals surface area contributed by atoms with Crippen molar-refractivity contribution in [1.29, 1.82) is 0 Å². The van der Waals surface area contributed by atoms with E-state index in [1.54, 1.807) is 6.20 Å². The SMILES string of the molecule is CC(C)CC(=O)N1CCN(C=C2N=C(c3cccc4ccccc34)OC2=O)CC1. The molecule has 2 aliphatic rings. The van der Waals surface area contributed by atoms with Gasteiger partial charge in [-0.2, -0.15) is 0 Å². The molecule has 1 saturated heterocycles. The maximum atomic E-state index is 12.4. The van der Waals surface area contributed by atoms with Gasteiger partial charge in [-0.3, -0.25) is 4.79 Å². The second kappa shape index (κ2) is 8.07. The molecule has 0 saturated carbocycles. The Kier molecular flexibility index (Phi) is 5.34. The topological polar surface area (TPSA) is 62.2 Å². The van der Waals surface area contributed by atoms with Crippen molar-refractivity contribution < 1.29 is 14.3 Å². The Labute approximate surface area is 170 Å². The number of carbonyl (C=O) groups excluding carboxylic acids is 2. The van der Waals surface area contributed by atoms with Crippen molar-refractivity contribution in [3.8, 4) is 0 Å². The number of hydrogen-bond donors (Lipinski definition) is 0. The summed E-state index contributed by atoms with van der Waals surface area (Å²) in [5.41, 5.74) is 1.11. The van der Waals surface area contributed by atoms with Crippen molar-refractivity contribution in [2.75, 3.05) is 26.2 Å². The van der Waals surface area contributed by atoms with Gasteiger partial charge in [-0.25, -0.2) is 9.79 Å². The van der Waals surface area contributed by atoms with Crippen LogP contribution in [0.5, 0.6) is 0 Å². The molecular weight excluding hydrogens is 366 g/mol. The molecule has 150 valence electrons. The van der Waals surface area contributed by atoms with Gasteiger partial charge >= 0.3 is 5.97 Å². The number of esters is 1. The van der Waals surface area contributed by atoms with E-state index in [2.05, 4.69) is 18.8 Å². The van der Waals surface area contributed by atoms with Crippen molar-refractivity contribution in [1.82, 2.24) is 9.80 Å². The van der Waals surface area contributed by atoms with Crippen LogP contribution in [0.3, 0.4) is 0 Å². The van der Waals surface area contributed by atoms with Crippen LogP contribution in [0.4, 0.5) is 0 Å². The lowest BCUT2D eigenvalue weighted by molar-refractivity contribution is -0.133. The number of cyclic esters (lactones) is 1. The van der Waals surface area contributed by atoms with Gasteiger partial charge in [-0.15, -0.1) is 0 Å². The third-order valence-corrected chi connectivity index (χ3v) is 5.20. The van der Waals surface area contributed by atoms with Gasteiger partial charge in [0.25, 0.3) is 0 Å². The standard InChI is InChI=1S/C23H25N3O3/c1-16(2)14-21(27)26-12-10-25(11-13-26)15-20-23(28)29-22(24-20)19-9-5-7-17-6-3-4-8-18(17)19/h3-9,15-16H,10-14H2,1-2H3. The molecule has 1 fully saturated rings. The van der Waals surface area contributed by atoms with Crippen LogP contribution in [-0.4, -0.2) is 53.8 Å². The Morgan fingerprint density at radius 3 is 2.59 bits per heavy atom. The minimum atomic E-state index is -0.439. The number of carbonyl (C=O) groups is 2. The fourth-order valence-corrected chi connectivity index (χ4v) is 3.68. The number of benzene rings is 2. The molecule has 2 aromatic rings. The number of aliphatic imine (C=N–C) groups is 1. The number of fused-ring (bicyclic) bond motifs is 1. The zero-order chi connectivity index (χ0) is 20.4. The number of ether oxygens (including phenoxy) is 1. The van der Waals surface area contributed by atoms with E-state index in [0.29, 0.717) is 50.1 Å². The first-order valence-electron chi connectivity index (χ1n) is 10.0. The predicted octanol–water partition coefficient (Wildman–Crippen LogP) is 3.17. The van der Waals surface area contributed by atoms with Crippen LogP contribution < -0.4 is 0 Å². The quantitative estimate of drug-likeness (QED) is 0.593. The highest BCUT2D eigenvalue weighted by Crippen LogP contribution is 2.24. The van der Waals surface area contributed by atoms with Crippen molar-refractivity contribution in [2.45, 2.75) is 20.3 Å². The highest BCUT2D eigenvalue weighted by Gasteiger charge is 2.27. The maximum absolute atomic E-state index is 12.4. The molecule has 2 aromatic carbocycles. The molecular formula is C23H25N3O3. The minimum Gasteiger partial charge on any atom is -0.402 e. The van der Waals surface area contributed by atoms with Gasteiger partial charge < -0.3 is 14.5 Å². The molecule has 6 nitrogen and oxygen atoms in total. The second-order valence-electron chi connectivity index (χ2n) is 7.86. The molecule has 0 N–H and O–H groups in total. The second-order valence-corrected chi connectivity index (χ2v) is 7.86. The Morgan fingerprint density at radius 2 is 1.83 bits per heavy atom. The van der Waals surface area contributed by atoms with Gasteiger partial charge in [0.1, 0.15) is 0 Å². The van der Waals surface area contributed by atoms with Crippen molar-refractivity contribution in [2.24, 2.45) is 10.9 Å². The molecule has 0 aromatic heterocycles. The lowest BCUT2D eigenvalue weighted by atomic mass is 10.0. The van der Waals surface area contributed by atoms with E-state index in [0.717, 1.165) is 16.3 Å². The lowest BCUT2D eigenvalue weighted by Crippen LogP contribution is -2.47. The number of nitrogens with zero attached hydrogens (tertiary/aromatic N) is 3. The number of rotatable bonds is 4. The first kappa shape index (κ1) is 19.2. The van der Waals surface area contributed by atoms with Gasteiger partial charge in [0.2, 0.25) is 11.8 Å². The van der Waals surface area contributed by atoms with E-state index in [9.17, 15) is 9.59 Å². The Morgan fingerprint density at radius 1 is 1.10 bits per heavy atom. The average Bonchev–Trinajstić information content (AvgIpc) is 3.07. The average molecular weight is 391 g/mol.